The summed E-state index contributed by atoms with van der Waals surface area (Å²) in [5.74, 6) is 1.42. The van der Waals surface area contributed by atoms with Gasteiger partial charge >= 0.3 is 0 Å². The molecule has 86 valence electrons. The van der Waals surface area contributed by atoms with Crippen molar-refractivity contribution in [1.82, 2.24) is 0 Å². The molecule has 0 aliphatic rings. The Kier molecular flexibility index (Phi) is 4.48. The van der Waals surface area contributed by atoms with Crippen LogP contribution < -0.4 is 9.47 Å². The van der Waals surface area contributed by atoms with Crippen LogP contribution in [0.25, 0.3) is 10.4 Å². The van der Waals surface area contributed by atoms with Gasteiger partial charge in [-0.2, -0.15) is 0 Å². The number of nitrogens with zero attached hydrogens (tertiary/aromatic N) is 3. The van der Waals surface area contributed by atoms with E-state index in [0.29, 0.717) is 12.3 Å². The average Bonchev–Trinajstić information content (AvgIpc) is 2.34. The molecule has 0 saturated heterocycles. The van der Waals surface area contributed by atoms with Crippen LogP contribution in [0, 0.1) is 0 Å². The van der Waals surface area contributed by atoms with Crippen LogP contribution in [0.15, 0.2) is 17.2 Å². The molecule has 0 heterocycles. The largest absolute Gasteiger partial charge is 0.493 e. The molecule has 5 nitrogen and oxygen atoms in total. The fourth-order valence-corrected chi connectivity index (χ4v) is 1.57. The first-order valence-corrected chi connectivity index (χ1v) is 5.01. The fraction of sp³-hybridized carbons (Fsp3) is 0.455. The summed E-state index contributed by atoms with van der Waals surface area (Å²) in [6.07, 6.45) is 0.837. The highest BCUT2D eigenvalue weighted by Gasteiger charge is 2.10. The maximum absolute atomic E-state index is 8.28. The second-order valence-corrected chi connectivity index (χ2v) is 3.23. The van der Waals surface area contributed by atoms with E-state index < -0.39 is 0 Å². The van der Waals surface area contributed by atoms with E-state index in [4.69, 9.17) is 15.0 Å². The molecule has 0 saturated carbocycles. The Morgan fingerprint density at radius 1 is 1.31 bits per heavy atom. The van der Waals surface area contributed by atoms with Crippen LogP contribution in [0.5, 0.6) is 11.5 Å². The van der Waals surface area contributed by atoms with Crippen molar-refractivity contribution in [2.24, 2.45) is 5.11 Å². The molecule has 0 spiro atoms. The Morgan fingerprint density at radius 2 is 2.06 bits per heavy atom. The summed E-state index contributed by atoms with van der Waals surface area (Å²) in [5.41, 5.74) is 10.3. The predicted octanol–water partition coefficient (Wildman–Crippen LogP) is 3.08. The van der Waals surface area contributed by atoms with Gasteiger partial charge in [-0.25, -0.2) is 0 Å². The second kappa shape index (κ2) is 5.88. The topological polar surface area (TPSA) is 67.2 Å². The molecular weight excluding hydrogens is 206 g/mol. The van der Waals surface area contributed by atoms with Crippen LogP contribution >= 0.6 is 0 Å². The Labute approximate surface area is 94.6 Å². The SMILES string of the molecule is CCc1cc(CN=[N+]=[N-])cc(OC)c1OC. The van der Waals surface area contributed by atoms with Gasteiger partial charge in [-0.05, 0) is 29.1 Å². The zero-order valence-corrected chi connectivity index (χ0v) is 9.73. The summed E-state index contributed by atoms with van der Waals surface area (Å²) < 4.78 is 10.5. The van der Waals surface area contributed by atoms with E-state index in [1.165, 1.54) is 0 Å². The zero-order valence-electron chi connectivity index (χ0n) is 9.73. The van der Waals surface area contributed by atoms with E-state index in [9.17, 15) is 0 Å². The molecule has 1 aromatic rings. The molecular formula is C11H15N3O2. The minimum absolute atomic E-state index is 0.323. The molecule has 0 aliphatic heterocycles. The molecule has 16 heavy (non-hydrogen) atoms. The monoisotopic (exact) mass is 221 g/mol. The van der Waals surface area contributed by atoms with Crippen LogP contribution in [0.2, 0.25) is 0 Å². The van der Waals surface area contributed by atoms with Gasteiger partial charge in [0.05, 0.1) is 20.8 Å². The van der Waals surface area contributed by atoms with Gasteiger partial charge in [-0.3, -0.25) is 0 Å². The molecule has 0 N–H and O–H groups in total. The lowest BCUT2D eigenvalue weighted by Crippen LogP contribution is -1.97. The minimum atomic E-state index is 0.323. The number of ether oxygens (including phenoxy) is 2. The second-order valence-electron chi connectivity index (χ2n) is 3.23. The van der Waals surface area contributed by atoms with Crippen molar-refractivity contribution in [1.29, 1.82) is 0 Å². The normalized spacial score (nSPS) is 9.44. The number of azide groups is 1. The Hall–Kier alpha value is -1.87. The summed E-state index contributed by atoms with van der Waals surface area (Å²) >= 11 is 0. The third kappa shape index (κ3) is 2.58. The van der Waals surface area contributed by atoms with E-state index in [1.807, 2.05) is 19.1 Å². The number of rotatable bonds is 5. The number of benzene rings is 1. The van der Waals surface area contributed by atoms with Gasteiger partial charge in [0.2, 0.25) is 0 Å². The highest BCUT2D eigenvalue weighted by Crippen LogP contribution is 2.33. The summed E-state index contributed by atoms with van der Waals surface area (Å²) in [7, 11) is 3.21. The molecule has 0 unspecified atom stereocenters. The van der Waals surface area contributed by atoms with Crippen LogP contribution in [0.1, 0.15) is 18.1 Å². The highest BCUT2D eigenvalue weighted by atomic mass is 16.5. The third-order valence-corrected chi connectivity index (χ3v) is 2.31. The number of hydrogen-bond donors (Lipinski definition) is 0. The van der Waals surface area contributed by atoms with Crippen molar-refractivity contribution in [3.63, 3.8) is 0 Å². The quantitative estimate of drug-likeness (QED) is 0.435. The van der Waals surface area contributed by atoms with Crippen molar-refractivity contribution in [2.45, 2.75) is 19.9 Å². The maximum Gasteiger partial charge on any atom is 0.163 e. The van der Waals surface area contributed by atoms with Crippen molar-refractivity contribution < 1.29 is 9.47 Å². The zero-order chi connectivity index (χ0) is 12.0. The lowest BCUT2D eigenvalue weighted by Gasteiger charge is -2.13. The smallest absolute Gasteiger partial charge is 0.163 e. The highest BCUT2D eigenvalue weighted by molar-refractivity contribution is 5.49. The molecule has 0 amide bonds. The van der Waals surface area contributed by atoms with Crippen molar-refractivity contribution in [2.75, 3.05) is 14.2 Å². The molecule has 0 radical (unpaired) electrons. The van der Waals surface area contributed by atoms with Gasteiger partial charge < -0.3 is 9.47 Å². The molecule has 5 heteroatoms. The van der Waals surface area contributed by atoms with E-state index in [2.05, 4.69) is 10.0 Å². The Morgan fingerprint density at radius 3 is 2.56 bits per heavy atom. The molecule has 0 atom stereocenters. The molecule has 0 aromatic heterocycles. The van der Waals surface area contributed by atoms with Crippen molar-refractivity contribution >= 4 is 0 Å². The first-order chi connectivity index (χ1) is 7.76. The van der Waals surface area contributed by atoms with Gasteiger partial charge in [-0.1, -0.05) is 18.1 Å². The molecule has 0 fully saturated rings. The van der Waals surface area contributed by atoms with E-state index >= 15 is 0 Å². The van der Waals surface area contributed by atoms with E-state index in [0.717, 1.165) is 23.3 Å². The summed E-state index contributed by atoms with van der Waals surface area (Å²) in [4.78, 5) is 2.74. The van der Waals surface area contributed by atoms with Gasteiger partial charge in [0, 0.05) is 4.91 Å². The lowest BCUT2D eigenvalue weighted by molar-refractivity contribution is 0.351. The Bertz CT molecular complexity index is 387. The molecule has 1 aromatic carbocycles. The predicted molar refractivity (Wildman–Crippen MR) is 61.8 cm³/mol. The van der Waals surface area contributed by atoms with Gasteiger partial charge in [0.25, 0.3) is 0 Å². The van der Waals surface area contributed by atoms with Crippen LogP contribution in [0.3, 0.4) is 0 Å². The molecule has 0 aliphatic carbocycles. The lowest BCUT2D eigenvalue weighted by atomic mass is 10.1. The standard InChI is InChI=1S/C11H15N3O2/c1-4-9-5-8(7-13-14-12)6-10(15-2)11(9)16-3/h5-6H,4,7H2,1-3H3. The van der Waals surface area contributed by atoms with Gasteiger partial charge in [0.1, 0.15) is 0 Å². The van der Waals surface area contributed by atoms with Crippen LogP contribution in [-0.2, 0) is 13.0 Å². The number of aryl methyl sites for hydroxylation is 1. The number of hydrogen-bond acceptors (Lipinski definition) is 3. The van der Waals surface area contributed by atoms with Gasteiger partial charge in [0.15, 0.2) is 11.5 Å². The van der Waals surface area contributed by atoms with Crippen LogP contribution in [0.4, 0.5) is 0 Å². The molecule has 0 bridgehead atoms. The first-order valence-electron chi connectivity index (χ1n) is 5.01. The summed E-state index contributed by atoms with van der Waals surface area (Å²) in [6, 6.07) is 3.79. The first kappa shape index (κ1) is 12.2. The number of methoxy groups -OCH3 is 2. The fourth-order valence-electron chi connectivity index (χ4n) is 1.57. The summed E-state index contributed by atoms with van der Waals surface area (Å²) in [6.45, 7) is 2.36. The average molecular weight is 221 g/mol. The maximum atomic E-state index is 8.28. The minimum Gasteiger partial charge on any atom is -0.493 e. The van der Waals surface area contributed by atoms with E-state index in [-0.39, 0.29) is 0 Å². The van der Waals surface area contributed by atoms with Crippen molar-refractivity contribution in [3.8, 4) is 11.5 Å². The van der Waals surface area contributed by atoms with E-state index in [1.54, 1.807) is 14.2 Å². The molecule has 1 rings (SSSR count). The van der Waals surface area contributed by atoms with Crippen LogP contribution in [-0.4, -0.2) is 14.2 Å². The third-order valence-electron chi connectivity index (χ3n) is 2.31. The summed E-state index contributed by atoms with van der Waals surface area (Å²) in [5, 5.41) is 3.53. The van der Waals surface area contributed by atoms with Gasteiger partial charge in [-0.15, -0.1) is 0 Å². The van der Waals surface area contributed by atoms with Crippen molar-refractivity contribution in [3.05, 3.63) is 33.7 Å². The Balaban J connectivity index is 3.19.